The SMILES string of the molecule is C=C(OCC)[C@@H](N)C/C(C)=C/c1cc(C)ccc1C.CC.CCCC(CC)C(C)(c1ccc(C)cc1)c1ccc(O)cc1. The number of phenols is 1. The van der Waals surface area contributed by atoms with E-state index in [9.17, 15) is 5.11 Å². The molecule has 43 heavy (non-hydrogen) atoms. The minimum absolute atomic E-state index is 0.0217. The van der Waals surface area contributed by atoms with E-state index in [1.54, 1.807) is 12.1 Å². The van der Waals surface area contributed by atoms with Gasteiger partial charge in [0.05, 0.1) is 12.6 Å². The van der Waals surface area contributed by atoms with Gasteiger partial charge in [-0.3, -0.25) is 0 Å². The van der Waals surface area contributed by atoms with Gasteiger partial charge in [-0.25, -0.2) is 0 Å². The number of aromatic hydroxyl groups is 1. The molecule has 2 unspecified atom stereocenters. The Labute approximate surface area is 263 Å². The second-order valence-corrected chi connectivity index (χ2v) is 11.6. The van der Waals surface area contributed by atoms with Crippen LogP contribution in [0.15, 0.2) is 84.6 Å². The van der Waals surface area contributed by atoms with E-state index in [2.05, 4.69) is 116 Å². The van der Waals surface area contributed by atoms with E-state index in [0.717, 1.165) is 12.8 Å². The lowest BCUT2D eigenvalue weighted by Gasteiger charge is -2.39. The van der Waals surface area contributed by atoms with Crippen LogP contribution in [0.2, 0.25) is 0 Å². The average molecular weight is 586 g/mol. The van der Waals surface area contributed by atoms with Gasteiger partial charge in [-0.05, 0) is 87.8 Å². The molecule has 0 aromatic heterocycles. The molecule has 0 saturated heterocycles. The minimum Gasteiger partial charge on any atom is -0.508 e. The number of rotatable bonds is 12. The first-order chi connectivity index (χ1) is 20.5. The second kappa shape index (κ2) is 19.1. The molecule has 0 aliphatic rings. The van der Waals surface area contributed by atoms with Crippen LogP contribution in [-0.4, -0.2) is 17.8 Å². The summed E-state index contributed by atoms with van der Waals surface area (Å²) < 4.78 is 5.35. The van der Waals surface area contributed by atoms with Gasteiger partial charge in [-0.15, -0.1) is 0 Å². The molecule has 0 amide bonds. The maximum atomic E-state index is 9.63. The highest BCUT2D eigenvalue weighted by Gasteiger charge is 2.36. The summed E-state index contributed by atoms with van der Waals surface area (Å²) in [6, 6.07) is 23.0. The van der Waals surface area contributed by atoms with Gasteiger partial charge in [0, 0.05) is 5.41 Å². The normalized spacial score (nSPS) is 13.8. The fourth-order valence-electron chi connectivity index (χ4n) is 5.59. The first-order valence-corrected chi connectivity index (χ1v) is 16.1. The van der Waals surface area contributed by atoms with E-state index in [-0.39, 0.29) is 11.5 Å². The first kappa shape index (κ1) is 37.7. The highest BCUT2D eigenvalue weighted by Crippen LogP contribution is 2.43. The van der Waals surface area contributed by atoms with Crippen LogP contribution >= 0.6 is 0 Å². The van der Waals surface area contributed by atoms with Gasteiger partial charge in [-0.2, -0.15) is 0 Å². The van der Waals surface area contributed by atoms with E-state index in [1.165, 1.54) is 51.8 Å². The predicted molar refractivity (Wildman–Crippen MR) is 189 cm³/mol. The van der Waals surface area contributed by atoms with Crippen molar-refractivity contribution in [2.45, 2.75) is 106 Å². The van der Waals surface area contributed by atoms with Crippen LogP contribution in [0.4, 0.5) is 0 Å². The van der Waals surface area contributed by atoms with Gasteiger partial charge in [0.2, 0.25) is 0 Å². The van der Waals surface area contributed by atoms with Crippen molar-refractivity contribution < 1.29 is 9.84 Å². The van der Waals surface area contributed by atoms with Crippen LogP contribution in [0.1, 0.15) is 108 Å². The number of benzene rings is 3. The minimum atomic E-state index is -0.138. The number of aryl methyl sites for hydroxylation is 3. The number of hydrogen-bond acceptors (Lipinski definition) is 3. The number of ether oxygens (including phenoxy) is 1. The van der Waals surface area contributed by atoms with Crippen LogP contribution in [-0.2, 0) is 10.2 Å². The van der Waals surface area contributed by atoms with Gasteiger partial charge in [-0.1, -0.05) is 131 Å². The van der Waals surface area contributed by atoms with Gasteiger partial charge in [0.15, 0.2) is 0 Å². The number of hydrogen-bond donors (Lipinski definition) is 2. The molecule has 3 heteroatoms. The van der Waals surface area contributed by atoms with Crippen molar-refractivity contribution in [1.29, 1.82) is 0 Å². The van der Waals surface area contributed by atoms with Crippen molar-refractivity contribution in [3.05, 3.63) is 118 Å². The first-order valence-electron chi connectivity index (χ1n) is 16.1. The summed E-state index contributed by atoms with van der Waals surface area (Å²) in [5.41, 5.74) is 15.0. The van der Waals surface area contributed by atoms with Crippen molar-refractivity contribution >= 4 is 6.08 Å². The Morgan fingerprint density at radius 2 is 1.44 bits per heavy atom. The molecular formula is C40H59NO2. The van der Waals surface area contributed by atoms with E-state index in [0.29, 0.717) is 24.0 Å². The predicted octanol–water partition coefficient (Wildman–Crippen LogP) is 10.8. The molecule has 0 saturated carbocycles. The lowest BCUT2D eigenvalue weighted by Crippen LogP contribution is -2.33. The molecule has 3 aromatic carbocycles. The number of nitrogens with two attached hydrogens (primary N) is 1. The lowest BCUT2D eigenvalue weighted by atomic mass is 9.65. The van der Waals surface area contributed by atoms with Gasteiger partial charge >= 0.3 is 0 Å². The monoisotopic (exact) mass is 585 g/mol. The molecule has 0 radical (unpaired) electrons. The van der Waals surface area contributed by atoms with Crippen molar-refractivity contribution in [3.63, 3.8) is 0 Å². The average Bonchev–Trinajstić information content (AvgIpc) is 2.99. The van der Waals surface area contributed by atoms with E-state index >= 15 is 0 Å². The Morgan fingerprint density at radius 3 is 1.95 bits per heavy atom. The summed E-state index contributed by atoms with van der Waals surface area (Å²) in [6.07, 6.45) is 6.52. The summed E-state index contributed by atoms with van der Waals surface area (Å²) in [6.45, 7) is 25.8. The third-order valence-corrected chi connectivity index (χ3v) is 8.19. The molecule has 0 spiro atoms. The molecule has 3 aromatic rings. The summed E-state index contributed by atoms with van der Waals surface area (Å²) in [5.74, 6) is 1.58. The molecule has 0 aliphatic heterocycles. The quantitative estimate of drug-likeness (QED) is 0.208. The molecule has 0 fully saturated rings. The Balaban J connectivity index is 0.000000411. The Morgan fingerprint density at radius 1 is 0.907 bits per heavy atom. The summed E-state index contributed by atoms with van der Waals surface area (Å²) in [5, 5.41) is 9.63. The number of phenolic OH excluding ortho intramolecular Hbond substituents is 1. The molecule has 3 atom stereocenters. The van der Waals surface area contributed by atoms with E-state index in [1.807, 2.05) is 20.8 Å². The zero-order valence-electron chi connectivity index (χ0n) is 28.8. The molecule has 0 bridgehead atoms. The Bertz CT molecular complexity index is 1210. The highest BCUT2D eigenvalue weighted by molar-refractivity contribution is 5.57. The Hall–Kier alpha value is -3.30. The zero-order valence-corrected chi connectivity index (χ0v) is 28.8. The zero-order chi connectivity index (χ0) is 32.6. The molecule has 236 valence electrons. The van der Waals surface area contributed by atoms with E-state index < -0.39 is 0 Å². The Kier molecular flexibility index (Phi) is 16.7. The van der Waals surface area contributed by atoms with Crippen molar-refractivity contribution in [2.24, 2.45) is 11.7 Å². The fourth-order valence-corrected chi connectivity index (χ4v) is 5.59. The van der Waals surface area contributed by atoms with Crippen molar-refractivity contribution in [1.82, 2.24) is 0 Å². The third kappa shape index (κ3) is 11.4. The highest BCUT2D eigenvalue weighted by atomic mass is 16.5. The summed E-state index contributed by atoms with van der Waals surface area (Å²) in [4.78, 5) is 0. The smallest absolute Gasteiger partial charge is 0.115 e. The van der Waals surface area contributed by atoms with Crippen LogP contribution in [0, 0.1) is 26.7 Å². The van der Waals surface area contributed by atoms with Crippen molar-refractivity contribution in [3.8, 4) is 5.75 Å². The standard InChI is InChI=1S/C21H28O.C17H25NO.C2H6/c1-5-7-17(6-2)21(4,18-10-8-16(3)9-11-18)19-12-14-20(22)15-13-19;1-6-19-15(5)17(18)11-13(3)10-16-9-12(2)7-8-14(16)4;1-2/h8-15,17,22H,5-7H2,1-4H3;7-10,17H,5-6,11,18H2,1-4H3;1-2H3/b;13-10+;/t;17-;/m.0./s1. The van der Waals surface area contributed by atoms with Gasteiger partial charge < -0.3 is 15.6 Å². The van der Waals surface area contributed by atoms with Crippen LogP contribution < -0.4 is 5.73 Å². The largest absolute Gasteiger partial charge is 0.508 e. The molecule has 3 N–H and O–H groups in total. The van der Waals surface area contributed by atoms with Crippen LogP contribution in [0.25, 0.3) is 6.08 Å². The maximum absolute atomic E-state index is 9.63. The van der Waals surface area contributed by atoms with Crippen LogP contribution in [0.3, 0.4) is 0 Å². The summed E-state index contributed by atoms with van der Waals surface area (Å²) >= 11 is 0. The third-order valence-electron chi connectivity index (χ3n) is 8.19. The summed E-state index contributed by atoms with van der Waals surface area (Å²) in [7, 11) is 0. The topological polar surface area (TPSA) is 55.5 Å². The lowest BCUT2D eigenvalue weighted by molar-refractivity contribution is 0.210. The van der Waals surface area contributed by atoms with Crippen molar-refractivity contribution in [2.75, 3.05) is 6.61 Å². The maximum Gasteiger partial charge on any atom is 0.115 e. The molecule has 3 rings (SSSR count). The van der Waals surface area contributed by atoms with E-state index in [4.69, 9.17) is 10.5 Å². The van der Waals surface area contributed by atoms with Crippen LogP contribution in [0.5, 0.6) is 5.75 Å². The molecule has 0 aliphatic carbocycles. The van der Waals surface area contributed by atoms with Gasteiger partial charge in [0.1, 0.15) is 11.5 Å². The molecule has 0 heterocycles. The molecular weight excluding hydrogens is 526 g/mol. The van der Waals surface area contributed by atoms with Gasteiger partial charge in [0.25, 0.3) is 0 Å². The second-order valence-electron chi connectivity index (χ2n) is 11.6. The molecule has 3 nitrogen and oxygen atoms in total. The fraction of sp³-hybridized carbons (Fsp3) is 0.450.